The molecule has 0 spiro atoms. The summed E-state index contributed by atoms with van der Waals surface area (Å²) in [6.07, 6.45) is -11.4. The molecule has 0 saturated carbocycles. The predicted octanol–water partition coefficient (Wildman–Crippen LogP) is 7.29. The zero-order chi connectivity index (χ0) is 44.0. The Labute approximate surface area is 335 Å². The van der Waals surface area contributed by atoms with Gasteiger partial charge in [0.2, 0.25) is 12.2 Å². The number of carbonyl (C=O) groups is 4. The first-order valence-electron chi connectivity index (χ1n) is 18.3. The number of esters is 2. The van der Waals surface area contributed by atoms with Crippen molar-refractivity contribution < 1.29 is 79.8 Å². The number of fused-ring (bicyclic) bond motifs is 3. The van der Waals surface area contributed by atoms with E-state index in [1.54, 1.807) is 52.0 Å². The van der Waals surface area contributed by atoms with Crippen molar-refractivity contribution in [2.24, 2.45) is 0 Å². The normalized spacial score (nSPS) is 27.8. The minimum absolute atomic E-state index is 0.0732. The van der Waals surface area contributed by atoms with Crippen LogP contribution in [0.25, 0.3) is 12.2 Å². The molecule has 0 aromatic heterocycles. The molecule has 17 heteroatoms. The maximum absolute atomic E-state index is 13.5. The number of phenols is 1. The third-order valence-electron chi connectivity index (χ3n) is 9.17. The van der Waals surface area contributed by atoms with Gasteiger partial charge in [0.05, 0.1) is 17.8 Å². The number of halogens is 6. The molecule has 1 saturated heterocycles. The molecule has 1 fully saturated rings. The summed E-state index contributed by atoms with van der Waals surface area (Å²) in [5.74, 6) is -5.46. The van der Waals surface area contributed by atoms with Gasteiger partial charge in [0.1, 0.15) is 23.5 Å². The van der Waals surface area contributed by atoms with E-state index in [0.29, 0.717) is 29.2 Å². The van der Waals surface area contributed by atoms with Crippen LogP contribution in [0.3, 0.4) is 0 Å². The van der Waals surface area contributed by atoms with Crippen molar-refractivity contribution in [2.45, 2.75) is 115 Å². The molecule has 59 heavy (non-hydrogen) atoms. The molecule has 0 unspecified atom stereocenters. The van der Waals surface area contributed by atoms with Crippen LogP contribution in [0.4, 0.5) is 26.3 Å². The van der Waals surface area contributed by atoms with Gasteiger partial charge in [-0.15, -0.1) is 0 Å². The zero-order valence-corrected chi connectivity index (χ0v) is 32.6. The molecule has 2 aromatic carbocycles. The highest BCUT2D eigenvalue weighted by Gasteiger charge is 2.46. The van der Waals surface area contributed by atoms with Gasteiger partial charge < -0.3 is 34.3 Å². The van der Waals surface area contributed by atoms with Crippen LogP contribution in [0.1, 0.15) is 88.1 Å². The Morgan fingerprint density at radius 2 is 1.10 bits per heavy atom. The lowest BCUT2D eigenvalue weighted by Gasteiger charge is -2.21. The number of alkyl halides is 6. The average molecular weight is 839 g/mol. The number of hydrogen-bond acceptors (Lipinski definition) is 11. The van der Waals surface area contributed by atoms with E-state index < -0.39 is 102 Å². The number of ketones is 2. The minimum atomic E-state index is -4.92. The maximum Gasteiger partial charge on any atom is 0.425 e. The molecular weight excluding hydrogens is 794 g/mol. The van der Waals surface area contributed by atoms with Gasteiger partial charge in [0.15, 0.2) is 17.4 Å². The molecule has 0 radical (unpaired) electrons. The maximum atomic E-state index is 13.5. The van der Waals surface area contributed by atoms with Crippen molar-refractivity contribution in [2.75, 3.05) is 0 Å². The van der Waals surface area contributed by atoms with E-state index in [2.05, 4.69) is 4.74 Å². The number of phenolic OH excluding ortho intramolecular Hbond substituents is 1. The van der Waals surface area contributed by atoms with Crippen LogP contribution in [-0.4, -0.2) is 93.6 Å². The molecule has 3 heterocycles. The highest BCUT2D eigenvalue weighted by Crippen LogP contribution is 2.34. The molecule has 320 valence electrons. The molecule has 3 N–H and O–H groups in total. The fraction of sp³-hybridized carbons (Fsp3) is 0.429. The summed E-state index contributed by atoms with van der Waals surface area (Å²) in [4.78, 5) is 49.4. The predicted molar refractivity (Wildman–Crippen MR) is 200 cm³/mol. The molecule has 0 amide bonds. The lowest BCUT2D eigenvalue weighted by Crippen LogP contribution is -2.34. The number of aliphatic hydroxyl groups excluding tert-OH is 2. The number of benzene rings is 2. The molecule has 0 bridgehead atoms. The fourth-order valence-corrected chi connectivity index (χ4v) is 6.47. The molecule has 11 nitrogen and oxygen atoms in total. The van der Waals surface area contributed by atoms with Crippen LogP contribution in [0.15, 0.2) is 60.7 Å². The van der Waals surface area contributed by atoms with E-state index >= 15 is 0 Å². The third-order valence-corrected chi connectivity index (χ3v) is 9.17. The van der Waals surface area contributed by atoms with Crippen molar-refractivity contribution in [3.63, 3.8) is 0 Å². The average Bonchev–Trinajstić information content (AvgIpc) is 3.42. The zero-order valence-electron chi connectivity index (χ0n) is 32.6. The number of cyclic esters (lactones) is 2. The standard InChI is InChI=1S/C23H25F3O5.C19H19F3O6/c1-13-11-14(2)19-15(12-13)7-5-9-17-20(31-22(3,4)30-17)16(27)8-6-10-18(23(24,25)26)29-21(19)28;1-10-8-11-4-2-5-12(23)17(26)13(24)6-3-7-15(19(20,21)22)28-18(27)16(11)14(25)9-10/h5-8,11-12,17-18,20H,9-10H2,1-4H3;2-4,6,8-9,12,15,17,23,25-26H,5,7H2,1H3/b7-5+,8-6-;4-2+,6-3-/t17-,18+,20+;12-,15+,17-/m00/s1. The third kappa shape index (κ3) is 12.5. The van der Waals surface area contributed by atoms with E-state index in [4.69, 9.17) is 14.2 Å². The first-order valence-corrected chi connectivity index (χ1v) is 18.3. The topological polar surface area (TPSA) is 166 Å². The van der Waals surface area contributed by atoms with E-state index in [9.17, 15) is 60.8 Å². The van der Waals surface area contributed by atoms with Crippen molar-refractivity contribution in [3.05, 3.63) is 99.7 Å². The summed E-state index contributed by atoms with van der Waals surface area (Å²) in [5.41, 5.74) is 2.03. The van der Waals surface area contributed by atoms with Crippen molar-refractivity contribution in [1.29, 1.82) is 0 Å². The van der Waals surface area contributed by atoms with Gasteiger partial charge in [0.25, 0.3) is 0 Å². The molecule has 3 aliphatic heterocycles. The summed E-state index contributed by atoms with van der Waals surface area (Å²) in [7, 11) is 0. The molecule has 0 aliphatic carbocycles. The first kappa shape index (κ1) is 46.6. The summed E-state index contributed by atoms with van der Waals surface area (Å²) >= 11 is 0. The minimum Gasteiger partial charge on any atom is -0.507 e. The Balaban J connectivity index is 0.000000262. The SMILES string of the molecule is Cc1cc(C)c2c(c1)/C=C/C[C@@H]1OC(C)(C)O[C@@H]1C(=O)/C=C\C[C@H](C(F)(F)F)OC2=O.Cc1cc(O)c2c(c1)/C=C/C[C@H](O)[C@H](O)C(=O)/C=C\C[C@H](C(F)(F)F)OC2=O. The monoisotopic (exact) mass is 838 g/mol. The molecule has 6 atom stereocenters. The Morgan fingerprint density at radius 1 is 0.627 bits per heavy atom. The van der Waals surface area contributed by atoms with Crippen LogP contribution in [-0.2, 0) is 28.5 Å². The number of ether oxygens (including phenoxy) is 4. The van der Waals surface area contributed by atoms with E-state index in [-0.39, 0.29) is 17.5 Å². The van der Waals surface area contributed by atoms with Crippen LogP contribution in [0, 0.1) is 20.8 Å². The van der Waals surface area contributed by atoms with Gasteiger partial charge in [-0.05, 0) is 87.9 Å². The summed E-state index contributed by atoms with van der Waals surface area (Å²) in [6.45, 7) is 8.42. The second-order valence-electron chi connectivity index (χ2n) is 14.6. The summed E-state index contributed by atoms with van der Waals surface area (Å²) in [6, 6.07) is 6.06. The summed E-state index contributed by atoms with van der Waals surface area (Å²) < 4.78 is 101. The smallest absolute Gasteiger partial charge is 0.425 e. The fourth-order valence-electron chi connectivity index (χ4n) is 6.47. The van der Waals surface area contributed by atoms with Crippen LogP contribution in [0.2, 0.25) is 0 Å². The largest absolute Gasteiger partial charge is 0.507 e. The highest BCUT2D eigenvalue weighted by atomic mass is 19.4. The first-order chi connectivity index (χ1) is 27.4. The highest BCUT2D eigenvalue weighted by molar-refractivity contribution is 5.98. The Bertz CT molecular complexity index is 2030. The second-order valence-corrected chi connectivity index (χ2v) is 14.6. The van der Waals surface area contributed by atoms with E-state index in [0.717, 1.165) is 23.8 Å². The lowest BCUT2D eigenvalue weighted by atomic mass is 9.97. The number of hydrogen-bond donors (Lipinski definition) is 3. The van der Waals surface area contributed by atoms with Crippen LogP contribution < -0.4 is 0 Å². The molecule has 5 rings (SSSR count). The molecule has 3 aliphatic rings. The quantitative estimate of drug-likeness (QED) is 0.180. The number of rotatable bonds is 0. The van der Waals surface area contributed by atoms with E-state index in [1.165, 1.54) is 24.3 Å². The number of aryl methyl sites for hydroxylation is 3. The van der Waals surface area contributed by atoms with Crippen LogP contribution in [0.5, 0.6) is 5.75 Å². The lowest BCUT2D eigenvalue weighted by molar-refractivity contribution is -0.203. The van der Waals surface area contributed by atoms with Crippen molar-refractivity contribution >= 4 is 35.7 Å². The van der Waals surface area contributed by atoms with Crippen molar-refractivity contribution in [3.8, 4) is 5.75 Å². The number of aliphatic hydroxyl groups is 2. The number of aromatic hydroxyl groups is 1. The van der Waals surface area contributed by atoms with Gasteiger partial charge in [-0.1, -0.05) is 60.2 Å². The summed E-state index contributed by atoms with van der Waals surface area (Å²) in [5, 5.41) is 29.7. The van der Waals surface area contributed by atoms with Gasteiger partial charge in [-0.2, -0.15) is 26.3 Å². The van der Waals surface area contributed by atoms with Crippen LogP contribution >= 0.6 is 0 Å². The van der Waals surface area contributed by atoms with Gasteiger partial charge >= 0.3 is 24.3 Å². The van der Waals surface area contributed by atoms with Crippen molar-refractivity contribution in [1.82, 2.24) is 0 Å². The number of carbonyl (C=O) groups excluding carboxylic acids is 4. The van der Waals surface area contributed by atoms with Gasteiger partial charge in [-0.25, -0.2) is 9.59 Å². The molecule has 2 aromatic rings. The second kappa shape index (κ2) is 18.9. The van der Waals surface area contributed by atoms with E-state index in [1.807, 2.05) is 6.92 Å². The van der Waals surface area contributed by atoms with Gasteiger partial charge in [-0.3, -0.25) is 9.59 Å². The van der Waals surface area contributed by atoms with Gasteiger partial charge in [0, 0.05) is 12.8 Å². The Kier molecular flexibility index (Phi) is 14.9. The Hall–Kier alpha value is -5.10. The Morgan fingerprint density at radius 3 is 1.66 bits per heavy atom. The molecular formula is C42H44F6O11.